The molecule has 17 heavy (non-hydrogen) atoms. The van der Waals surface area contributed by atoms with E-state index in [4.69, 9.17) is 5.73 Å². The van der Waals surface area contributed by atoms with Crippen LogP contribution in [0.25, 0.3) is 0 Å². The fourth-order valence-electron chi connectivity index (χ4n) is 2.81. The second-order valence-corrected chi connectivity index (χ2v) is 5.88. The lowest BCUT2D eigenvalue weighted by atomic mass is 9.83. The maximum Gasteiger partial charge on any atom is 0.0696 e. The Labute approximate surface area is 112 Å². The summed E-state index contributed by atoms with van der Waals surface area (Å²) in [5.41, 5.74) is 7.65. The summed E-state index contributed by atoms with van der Waals surface area (Å²) in [6, 6.07) is 0.138. The van der Waals surface area contributed by atoms with E-state index in [2.05, 4.69) is 32.6 Å². The number of halogens is 1. The van der Waals surface area contributed by atoms with Gasteiger partial charge in [0.2, 0.25) is 0 Å². The zero-order chi connectivity index (χ0) is 12.3. The van der Waals surface area contributed by atoms with Gasteiger partial charge in [0.05, 0.1) is 22.4 Å². The van der Waals surface area contributed by atoms with Crippen molar-refractivity contribution in [2.24, 2.45) is 11.7 Å². The van der Waals surface area contributed by atoms with Gasteiger partial charge in [0.25, 0.3) is 0 Å². The summed E-state index contributed by atoms with van der Waals surface area (Å²) >= 11 is 3.59. The molecule has 4 heteroatoms. The van der Waals surface area contributed by atoms with Crippen molar-refractivity contribution in [2.75, 3.05) is 0 Å². The molecule has 1 aromatic rings. The van der Waals surface area contributed by atoms with Gasteiger partial charge in [0.1, 0.15) is 0 Å². The Morgan fingerprint density at radius 1 is 1.47 bits per heavy atom. The maximum absolute atomic E-state index is 6.46. The molecule has 1 aromatic heterocycles. The molecule has 1 aliphatic rings. The van der Waals surface area contributed by atoms with Crippen molar-refractivity contribution in [3.05, 3.63) is 16.4 Å². The van der Waals surface area contributed by atoms with Gasteiger partial charge in [0.15, 0.2) is 0 Å². The molecule has 0 radical (unpaired) electrons. The summed E-state index contributed by atoms with van der Waals surface area (Å²) in [7, 11) is 0. The van der Waals surface area contributed by atoms with Crippen molar-refractivity contribution >= 4 is 15.9 Å². The van der Waals surface area contributed by atoms with Crippen LogP contribution in [0.4, 0.5) is 0 Å². The zero-order valence-electron chi connectivity index (χ0n) is 10.5. The molecule has 0 amide bonds. The minimum Gasteiger partial charge on any atom is -0.322 e. The van der Waals surface area contributed by atoms with Gasteiger partial charge in [-0.05, 0) is 41.1 Å². The highest BCUT2D eigenvalue weighted by Crippen LogP contribution is 2.35. The van der Waals surface area contributed by atoms with E-state index < -0.39 is 0 Å². The molecule has 0 spiro atoms. The van der Waals surface area contributed by atoms with Crippen LogP contribution in [0.1, 0.15) is 57.2 Å². The Morgan fingerprint density at radius 2 is 2.18 bits per heavy atom. The summed E-state index contributed by atoms with van der Waals surface area (Å²) in [4.78, 5) is 0. The van der Waals surface area contributed by atoms with Crippen LogP contribution in [-0.2, 0) is 6.54 Å². The topological polar surface area (TPSA) is 43.8 Å². The summed E-state index contributed by atoms with van der Waals surface area (Å²) in [5.74, 6) is 0.632. The predicted molar refractivity (Wildman–Crippen MR) is 73.7 cm³/mol. The first kappa shape index (κ1) is 13.1. The predicted octanol–water partition coefficient (Wildman–Crippen LogP) is 3.64. The minimum absolute atomic E-state index is 0.138. The Hall–Kier alpha value is -0.350. The van der Waals surface area contributed by atoms with Gasteiger partial charge in [-0.1, -0.05) is 26.2 Å². The number of aryl methyl sites for hydroxylation is 1. The van der Waals surface area contributed by atoms with Crippen molar-refractivity contribution in [2.45, 2.75) is 58.0 Å². The monoisotopic (exact) mass is 299 g/mol. The standard InChI is InChI=1S/C13H22BrN3/c1-2-8-17-13(11(14)9-16-17)12(15)10-6-4-3-5-7-10/h9-10,12H,2-8,15H2,1H3. The number of nitrogens with two attached hydrogens (primary N) is 1. The van der Waals surface area contributed by atoms with E-state index in [0.29, 0.717) is 5.92 Å². The normalized spacial score (nSPS) is 19.5. The third-order valence-electron chi connectivity index (χ3n) is 3.74. The molecule has 0 bridgehead atoms. The fraction of sp³-hybridized carbons (Fsp3) is 0.769. The molecule has 1 heterocycles. The second kappa shape index (κ2) is 6.01. The summed E-state index contributed by atoms with van der Waals surface area (Å²) in [6.45, 7) is 3.13. The van der Waals surface area contributed by atoms with E-state index in [-0.39, 0.29) is 6.04 Å². The number of aromatic nitrogens is 2. The fourth-order valence-corrected chi connectivity index (χ4v) is 3.37. The first-order chi connectivity index (χ1) is 8.24. The third-order valence-corrected chi connectivity index (χ3v) is 4.35. The first-order valence-electron chi connectivity index (χ1n) is 6.70. The average Bonchev–Trinajstić information content (AvgIpc) is 2.71. The van der Waals surface area contributed by atoms with Gasteiger partial charge in [-0.3, -0.25) is 4.68 Å². The molecule has 96 valence electrons. The highest BCUT2D eigenvalue weighted by atomic mass is 79.9. The quantitative estimate of drug-likeness (QED) is 0.922. The number of nitrogens with zero attached hydrogens (tertiary/aromatic N) is 2. The van der Waals surface area contributed by atoms with E-state index in [9.17, 15) is 0 Å². The van der Waals surface area contributed by atoms with E-state index in [1.165, 1.54) is 37.8 Å². The SMILES string of the molecule is CCCn1ncc(Br)c1C(N)C1CCCCC1. The molecule has 2 rings (SSSR count). The Morgan fingerprint density at radius 3 is 2.82 bits per heavy atom. The summed E-state index contributed by atoms with van der Waals surface area (Å²) in [5, 5.41) is 4.41. The van der Waals surface area contributed by atoms with Crippen LogP contribution >= 0.6 is 15.9 Å². The zero-order valence-corrected chi connectivity index (χ0v) is 12.1. The Balaban J connectivity index is 2.16. The molecule has 3 nitrogen and oxygen atoms in total. The highest BCUT2D eigenvalue weighted by molar-refractivity contribution is 9.10. The molecular formula is C13H22BrN3. The van der Waals surface area contributed by atoms with E-state index >= 15 is 0 Å². The van der Waals surface area contributed by atoms with Gasteiger partial charge >= 0.3 is 0 Å². The van der Waals surface area contributed by atoms with Gasteiger partial charge in [-0.2, -0.15) is 5.10 Å². The molecule has 1 unspecified atom stereocenters. The Kier molecular flexibility index (Phi) is 4.62. The second-order valence-electron chi connectivity index (χ2n) is 5.02. The van der Waals surface area contributed by atoms with Crippen LogP contribution in [0.2, 0.25) is 0 Å². The van der Waals surface area contributed by atoms with Gasteiger partial charge in [-0.15, -0.1) is 0 Å². The first-order valence-corrected chi connectivity index (χ1v) is 7.50. The maximum atomic E-state index is 6.46. The van der Waals surface area contributed by atoms with Crippen LogP contribution in [0.3, 0.4) is 0 Å². The summed E-state index contributed by atoms with van der Waals surface area (Å²) < 4.78 is 3.15. The molecule has 1 fully saturated rings. The van der Waals surface area contributed by atoms with Gasteiger partial charge in [0, 0.05) is 6.54 Å². The smallest absolute Gasteiger partial charge is 0.0696 e. The number of hydrogen-bond donors (Lipinski definition) is 1. The lowest BCUT2D eigenvalue weighted by Crippen LogP contribution is -2.26. The number of rotatable bonds is 4. The van der Waals surface area contributed by atoms with Crippen molar-refractivity contribution in [3.8, 4) is 0 Å². The van der Waals surface area contributed by atoms with Crippen LogP contribution in [0, 0.1) is 5.92 Å². The molecule has 0 saturated heterocycles. The lowest BCUT2D eigenvalue weighted by molar-refractivity contribution is 0.297. The molecule has 2 N–H and O–H groups in total. The lowest BCUT2D eigenvalue weighted by Gasteiger charge is -2.28. The van der Waals surface area contributed by atoms with E-state index in [0.717, 1.165) is 17.4 Å². The van der Waals surface area contributed by atoms with Gasteiger partial charge in [-0.25, -0.2) is 0 Å². The Bertz CT molecular complexity index is 356. The molecular weight excluding hydrogens is 278 g/mol. The van der Waals surface area contributed by atoms with Crippen LogP contribution in [0.15, 0.2) is 10.7 Å². The van der Waals surface area contributed by atoms with Crippen LogP contribution in [-0.4, -0.2) is 9.78 Å². The van der Waals surface area contributed by atoms with Crippen molar-refractivity contribution in [3.63, 3.8) is 0 Å². The molecule has 1 atom stereocenters. The highest BCUT2D eigenvalue weighted by Gasteiger charge is 2.26. The van der Waals surface area contributed by atoms with Crippen molar-refractivity contribution in [1.29, 1.82) is 0 Å². The summed E-state index contributed by atoms with van der Waals surface area (Å²) in [6.07, 6.45) is 9.55. The van der Waals surface area contributed by atoms with Crippen molar-refractivity contribution < 1.29 is 0 Å². The van der Waals surface area contributed by atoms with Crippen LogP contribution < -0.4 is 5.73 Å². The molecule has 0 aromatic carbocycles. The molecule has 1 saturated carbocycles. The molecule has 1 aliphatic carbocycles. The van der Waals surface area contributed by atoms with E-state index in [1.807, 2.05) is 6.20 Å². The van der Waals surface area contributed by atoms with Crippen LogP contribution in [0.5, 0.6) is 0 Å². The van der Waals surface area contributed by atoms with E-state index in [1.54, 1.807) is 0 Å². The van der Waals surface area contributed by atoms with Gasteiger partial charge < -0.3 is 5.73 Å². The number of hydrogen-bond acceptors (Lipinski definition) is 2. The molecule has 0 aliphatic heterocycles. The minimum atomic E-state index is 0.138. The largest absolute Gasteiger partial charge is 0.322 e. The van der Waals surface area contributed by atoms with Crippen molar-refractivity contribution in [1.82, 2.24) is 9.78 Å². The third kappa shape index (κ3) is 2.91. The average molecular weight is 300 g/mol.